The Labute approximate surface area is 178 Å². The van der Waals surface area contributed by atoms with Crippen LogP contribution in [0.4, 0.5) is 4.39 Å². The summed E-state index contributed by atoms with van der Waals surface area (Å²) in [4.78, 5) is 27.7. The second-order valence-electron chi connectivity index (χ2n) is 8.24. The first kappa shape index (κ1) is 22.0. The molecule has 1 fully saturated rings. The lowest BCUT2D eigenvalue weighted by Crippen LogP contribution is -2.50. The van der Waals surface area contributed by atoms with Crippen molar-refractivity contribution in [2.24, 2.45) is 0 Å². The van der Waals surface area contributed by atoms with Crippen molar-refractivity contribution in [2.45, 2.75) is 71.0 Å². The summed E-state index contributed by atoms with van der Waals surface area (Å²) in [5, 5.41) is 3.10. The lowest BCUT2D eigenvalue weighted by Gasteiger charge is -2.31. The van der Waals surface area contributed by atoms with Gasteiger partial charge in [-0.25, -0.2) is 4.39 Å². The molecule has 4 nitrogen and oxygen atoms in total. The van der Waals surface area contributed by atoms with E-state index >= 15 is 0 Å². The number of benzene rings is 2. The molecule has 0 saturated heterocycles. The molecule has 160 valence electrons. The van der Waals surface area contributed by atoms with Gasteiger partial charge in [0, 0.05) is 18.2 Å². The van der Waals surface area contributed by atoms with Gasteiger partial charge in [-0.2, -0.15) is 0 Å². The number of carbonyl (C=O) groups is 2. The van der Waals surface area contributed by atoms with Crippen LogP contribution in [0.5, 0.6) is 0 Å². The van der Waals surface area contributed by atoms with Crippen LogP contribution in [0.25, 0.3) is 0 Å². The first-order valence-electron chi connectivity index (χ1n) is 10.8. The molecule has 2 aromatic carbocycles. The number of amides is 2. The molecule has 1 saturated carbocycles. The van der Waals surface area contributed by atoms with E-state index in [0.29, 0.717) is 5.56 Å². The third kappa shape index (κ3) is 5.68. The molecule has 0 aromatic heterocycles. The van der Waals surface area contributed by atoms with E-state index in [2.05, 4.69) is 5.32 Å². The lowest BCUT2D eigenvalue weighted by atomic mass is 9.95. The average molecular weight is 411 g/mol. The van der Waals surface area contributed by atoms with Gasteiger partial charge in [0.15, 0.2) is 0 Å². The standard InChI is InChI=1S/C25H31FN2O2/c1-18-10-6-7-11-20(18)16-24(29)28(17-21-12-8-9-15-23(21)26)19(2)25(30)27-22-13-4-3-5-14-22/h6-12,15,19,22H,3-5,13-14,16-17H2,1-2H3,(H,27,30)/t19-/m0/s1. The Balaban J connectivity index is 1.78. The van der Waals surface area contributed by atoms with Gasteiger partial charge >= 0.3 is 0 Å². The van der Waals surface area contributed by atoms with Gasteiger partial charge in [-0.05, 0) is 43.9 Å². The number of rotatable bonds is 7. The van der Waals surface area contributed by atoms with E-state index in [1.807, 2.05) is 31.2 Å². The minimum absolute atomic E-state index is 0.0661. The lowest BCUT2D eigenvalue weighted by molar-refractivity contribution is -0.140. The topological polar surface area (TPSA) is 49.4 Å². The normalized spacial score (nSPS) is 15.4. The van der Waals surface area contributed by atoms with Crippen LogP contribution in [0.15, 0.2) is 48.5 Å². The summed E-state index contributed by atoms with van der Waals surface area (Å²) in [6.07, 6.45) is 5.57. The third-order valence-electron chi connectivity index (χ3n) is 6.02. The molecule has 0 spiro atoms. The predicted octanol–water partition coefficient (Wildman–Crippen LogP) is 4.54. The van der Waals surface area contributed by atoms with E-state index in [9.17, 15) is 14.0 Å². The molecule has 1 N–H and O–H groups in total. The molecule has 0 heterocycles. The molecule has 5 heteroatoms. The second kappa shape index (κ2) is 10.4. The first-order valence-corrected chi connectivity index (χ1v) is 10.8. The monoisotopic (exact) mass is 410 g/mol. The third-order valence-corrected chi connectivity index (χ3v) is 6.02. The highest BCUT2D eigenvalue weighted by atomic mass is 19.1. The van der Waals surface area contributed by atoms with Crippen LogP contribution in [0.3, 0.4) is 0 Å². The maximum Gasteiger partial charge on any atom is 0.242 e. The zero-order valence-corrected chi connectivity index (χ0v) is 17.9. The summed E-state index contributed by atoms with van der Waals surface area (Å²) >= 11 is 0. The van der Waals surface area contributed by atoms with Crippen molar-refractivity contribution in [3.05, 3.63) is 71.0 Å². The van der Waals surface area contributed by atoms with Crippen LogP contribution < -0.4 is 5.32 Å². The maximum atomic E-state index is 14.3. The summed E-state index contributed by atoms with van der Waals surface area (Å²) in [5.74, 6) is -0.721. The molecule has 0 unspecified atom stereocenters. The van der Waals surface area contributed by atoms with E-state index in [1.165, 1.54) is 17.4 Å². The minimum atomic E-state index is -0.678. The van der Waals surface area contributed by atoms with Crippen LogP contribution in [0, 0.1) is 12.7 Å². The summed E-state index contributed by atoms with van der Waals surface area (Å²) in [5.41, 5.74) is 2.35. The van der Waals surface area contributed by atoms with Crippen LogP contribution in [0.1, 0.15) is 55.7 Å². The minimum Gasteiger partial charge on any atom is -0.352 e. The van der Waals surface area contributed by atoms with Crippen LogP contribution in [-0.2, 0) is 22.6 Å². The van der Waals surface area contributed by atoms with Gasteiger partial charge in [0.1, 0.15) is 11.9 Å². The Bertz CT molecular complexity index is 877. The maximum absolute atomic E-state index is 14.3. The molecule has 1 aliphatic carbocycles. The highest BCUT2D eigenvalue weighted by molar-refractivity contribution is 5.88. The van der Waals surface area contributed by atoms with Crippen LogP contribution in [0.2, 0.25) is 0 Å². The summed E-state index contributed by atoms with van der Waals surface area (Å²) < 4.78 is 14.3. The number of nitrogens with one attached hydrogen (secondary N) is 1. The molecule has 0 bridgehead atoms. The first-order chi connectivity index (χ1) is 14.5. The van der Waals surface area contributed by atoms with Crippen LogP contribution >= 0.6 is 0 Å². The van der Waals surface area contributed by atoms with E-state index in [0.717, 1.165) is 36.8 Å². The molecule has 1 aliphatic rings. The van der Waals surface area contributed by atoms with Crippen molar-refractivity contribution in [2.75, 3.05) is 0 Å². The number of carbonyl (C=O) groups excluding carboxylic acids is 2. The molecule has 2 aromatic rings. The fraction of sp³-hybridized carbons (Fsp3) is 0.440. The van der Waals surface area contributed by atoms with Gasteiger partial charge in [-0.1, -0.05) is 61.7 Å². The van der Waals surface area contributed by atoms with Crippen molar-refractivity contribution < 1.29 is 14.0 Å². The quantitative estimate of drug-likeness (QED) is 0.728. The summed E-state index contributed by atoms with van der Waals surface area (Å²) in [7, 11) is 0. The van der Waals surface area contributed by atoms with E-state index in [1.54, 1.807) is 25.1 Å². The fourth-order valence-corrected chi connectivity index (χ4v) is 4.03. The molecule has 3 rings (SSSR count). The number of halogens is 1. The van der Waals surface area contributed by atoms with Crippen molar-refractivity contribution in [3.63, 3.8) is 0 Å². The van der Waals surface area contributed by atoms with Gasteiger partial charge in [0.25, 0.3) is 0 Å². The highest BCUT2D eigenvalue weighted by Crippen LogP contribution is 2.19. The average Bonchev–Trinajstić information content (AvgIpc) is 2.75. The smallest absolute Gasteiger partial charge is 0.242 e. The Morgan fingerprint density at radius 2 is 1.67 bits per heavy atom. The van der Waals surface area contributed by atoms with E-state index < -0.39 is 6.04 Å². The molecule has 0 radical (unpaired) electrons. The molecule has 1 atom stereocenters. The Kier molecular flexibility index (Phi) is 7.61. The second-order valence-corrected chi connectivity index (χ2v) is 8.24. The van der Waals surface area contributed by atoms with Crippen molar-refractivity contribution in [1.29, 1.82) is 0 Å². The molecular weight excluding hydrogens is 379 g/mol. The Morgan fingerprint density at radius 3 is 2.33 bits per heavy atom. The Hall–Kier alpha value is -2.69. The van der Waals surface area contributed by atoms with E-state index in [4.69, 9.17) is 0 Å². The zero-order chi connectivity index (χ0) is 21.5. The summed E-state index contributed by atoms with van der Waals surface area (Å²) in [6.45, 7) is 3.76. The van der Waals surface area contributed by atoms with Gasteiger partial charge < -0.3 is 10.2 Å². The van der Waals surface area contributed by atoms with Crippen molar-refractivity contribution in [1.82, 2.24) is 10.2 Å². The number of aryl methyl sites for hydroxylation is 1. The molecular formula is C25H31FN2O2. The van der Waals surface area contributed by atoms with Gasteiger partial charge in [-0.3, -0.25) is 9.59 Å². The van der Waals surface area contributed by atoms with Crippen molar-refractivity contribution in [3.8, 4) is 0 Å². The van der Waals surface area contributed by atoms with Gasteiger partial charge in [0.2, 0.25) is 11.8 Å². The fourth-order valence-electron chi connectivity index (χ4n) is 4.03. The number of nitrogens with zero attached hydrogens (tertiary/aromatic N) is 1. The number of hydrogen-bond acceptors (Lipinski definition) is 2. The Morgan fingerprint density at radius 1 is 1.03 bits per heavy atom. The van der Waals surface area contributed by atoms with Gasteiger partial charge in [0.05, 0.1) is 6.42 Å². The molecule has 30 heavy (non-hydrogen) atoms. The summed E-state index contributed by atoms with van der Waals surface area (Å²) in [6, 6.07) is 13.6. The molecule has 2 amide bonds. The zero-order valence-electron chi connectivity index (χ0n) is 17.9. The molecule has 0 aliphatic heterocycles. The number of hydrogen-bond donors (Lipinski definition) is 1. The van der Waals surface area contributed by atoms with E-state index in [-0.39, 0.29) is 36.6 Å². The predicted molar refractivity (Wildman–Crippen MR) is 116 cm³/mol. The van der Waals surface area contributed by atoms with Crippen molar-refractivity contribution >= 4 is 11.8 Å². The largest absolute Gasteiger partial charge is 0.352 e. The van der Waals surface area contributed by atoms with Gasteiger partial charge in [-0.15, -0.1) is 0 Å². The SMILES string of the molecule is Cc1ccccc1CC(=O)N(Cc1ccccc1F)[C@@H](C)C(=O)NC1CCCCC1. The highest BCUT2D eigenvalue weighted by Gasteiger charge is 2.28. The van der Waals surface area contributed by atoms with Crippen LogP contribution in [-0.4, -0.2) is 28.8 Å².